The smallest absolute Gasteiger partial charge is 0.244 e. The zero-order valence-corrected chi connectivity index (χ0v) is 19.2. The molecule has 0 atom stereocenters. The summed E-state index contributed by atoms with van der Waals surface area (Å²) in [4.78, 5) is 13.1. The molecular formula is C25H28N2O3S. The molecule has 1 N–H and O–H groups in total. The average molecular weight is 437 g/mol. The molecule has 1 amide bonds. The molecule has 0 aliphatic heterocycles. The first-order valence-corrected chi connectivity index (χ1v) is 11.6. The topological polar surface area (TPSA) is 66.5 Å². The number of hydrogen-bond donors (Lipinski definition) is 1. The van der Waals surface area contributed by atoms with E-state index in [9.17, 15) is 13.2 Å². The Morgan fingerprint density at radius 2 is 1.42 bits per heavy atom. The number of nitrogens with one attached hydrogen (secondary N) is 1. The van der Waals surface area contributed by atoms with E-state index in [0.29, 0.717) is 16.8 Å². The molecule has 0 fully saturated rings. The van der Waals surface area contributed by atoms with Crippen LogP contribution in [-0.2, 0) is 21.4 Å². The Balaban J connectivity index is 1.96. The second kappa shape index (κ2) is 9.45. The van der Waals surface area contributed by atoms with Crippen LogP contribution in [-0.4, -0.2) is 25.2 Å². The standard InChI is InChI=1S/C25H28N2O3S/c1-18-14-20(3)25(21(4)15-18)31(29,30)27(16-22-11-6-5-7-12-22)17-24(28)26-23-13-9-8-10-19(23)2/h5-15H,16-17H2,1-4H3,(H,26,28). The van der Waals surface area contributed by atoms with Gasteiger partial charge in [0.05, 0.1) is 11.4 Å². The lowest BCUT2D eigenvalue weighted by atomic mass is 10.1. The molecule has 0 spiro atoms. The Hall–Kier alpha value is -2.96. The summed E-state index contributed by atoms with van der Waals surface area (Å²) in [5.41, 5.74) is 4.76. The summed E-state index contributed by atoms with van der Waals surface area (Å²) in [6.07, 6.45) is 0. The molecule has 0 heterocycles. The van der Waals surface area contributed by atoms with Crippen molar-refractivity contribution in [3.8, 4) is 0 Å². The van der Waals surface area contributed by atoms with Crippen LogP contribution in [0, 0.1) is 27.7 Å². The highest BCUT2D eigenvalue weighted by Gasteiger charge is 2.30. The number of aryl methyl sites for hydroxylation is 4. The summed E-state index contributed by atoms with van der Waals surface area (Å²) in [7, 11) is -3.90. The van der Waals surface area contributed by atoms with Crippen LogP contribution in [0.3, 0.4) is 0 Å². The number of carbonyl (C=O) groups excluding carboxylic acids is 1. The minimum atomic E-state index is -3.90. The largest absolute Gasteiger partial charge is 0.325 e. The number of amides is 1. The molecule has 0 saturated heterocycles. The van der Waals surface area contributed by atoms with E-state index in [-0.39, 0.29) is 23.9 Å². The summed E-state index contributed by atoms with van der Waals surface area (Å²) in [5.74, 6) is -0.378. The van der Waals surface area contributed by atoms with Crippen molar-refractivity contribution in [1.29, 1.82) is 0 Å². The molecular weight excluding hydrogens is 408 g/mol. The van der Waals surface area contributed by atoms with Gasteiger partial charge in [0.25, 0.3) is 0 Å². The van der Waals surface area contributed by atoms with Crippen LogP contribution in [0.1, 0.15) is 27.8 Å². The Bertz CT molecular complexity index is 1170. The van der Waals surface area contributed by atoms with E-state index in [4.69, 9.17) is 0 Å². The average Bonchev–Trinajstić information content (AvgIpc) is 2.69. The Kier molecular flexibility index (Phi) is 6.93. The summed E-state index contributed by atoms with van der Waals surface area (Å²) < 4.78 is 28.6. The van der Waals surface area contributed by atoms with Crippen molar-refractivity contribution in [2.45, 2.75) is 39.1 Å². The van der Waals surface area contributed by atoms with E-state index >= 15 is 0 Å². The SMILES string of the molecule is Cc1cc(C)c(S(=O)(=O)N(CC(=O)Nc2ccccc2C)Cc2ccccc2)c(C)c1. The minimum absolute atomic E-state index is 0.108. The highest BCUT2D eigenvalue weighted by molar-refractivity contribution is 7.89. The van der Waals surface area contributed by atoms with Crippen LogP contribution in [0.25, 0.3) is 0 Å². The predicted octanol–water partition coefficient (Wildman–Crippen LogP) is 4.75. The van der Waals surface area contributed by atoms with E-state index in [0.717, 1.165) is 16.7 Å². The number of sulfonamides is 1. The molecule has 5 nitrogen and oxygen atoms in total. The normalized spacial score (nSPS) is 11.5. The molecule has 0 radical (unpaired) electrons. The quantitative estimate of drug-likeness (QED) is 0.581. The number of anilines is 1. The van der Waals surface area contributed by atoms with Gasteiger partial charge in [-0.1, -0.05) is 66.2 Å². The van der Waals surface area contributed by atoms with Crippen molar-refractivity contribution < 1.29 is 13.2 Å². The summed E-state index contributed by atoms with van der Waals surface area (Å²) in [6, 6.07) is 20.4. The first kappa shape index (κ1) is 22.7. The number of rotatable bonds is 7. The molecule has 0 unspecified atom stereocenters. The molecule has 0 aromatic heterocycles. The maximum Gasteiger partial charge on any atom is 0.244 e. The number of nitrogens with zero attached hydrogens (tertiary/aromatic N) is 1. The Morgan fingerprint density at radius 3 is 2.03 bits per heavy atom. The van der Waals surface area contributed by atoms with Gasteiger partial charge in [-0.25, -0.2) is 8.42 Å². The van der Waals surface area contributed by atoms with E-state index in [1.54, 1.807) is 19.9 Å². The fourth-order valence-electron chi connectivity index (χ4n) is 3.78. The van der Waals surface area contributed by atoms with Crippen molar-refractivity contribution in [3.05, 3.63) is 94.5 Å². The zero-order chi connectivity index (χ0) is 22.6. The van der Waals surface area contributed by atoms with E-state index in [1.807, 2.05) is 74.5 Å². The van der Waals surface area contributed by atoms with Gasteiger partial charge in [-0.2, -0.15) is 4.31 Å². The summed E-state index contributed by atoms with van der Waals surface area (Å²) >= 11 is 0. The maximum atomic E-state index is 13.7. The third kappa shape index (κ3) is 5.40. The Morgan fingerprint density at radius 1 is 0.839 bits per heavy atom. The molecule has 3 rings (SSSR count). The maximum absolute atomic E-state index is 13.7. The number of carbonyl (C=O) groups is 1. The summed E-state index contributed by atoms with van der Waals surface area (Å²) in [5, 5.41) is 2.84. The molecule has 0 aliphatic carbocycles. The lowest BCUT2D eigenvalue weighted by Gasteiger charge is -2.24. The monoisotopic (exact) mass is 436 g/mol. The van der Waals surface area contributed by atoms with Gasteiger partial charge < -0.3 is 5.32 Å². The molecule has 3 aromatic carbocycles. The molecule has 3 aromatic rings. The fourth-order valence-corrected chi connectivity index (χ4v) is 5.57. The molecule has 0 aliphatic rings. The van der Waals surface area contributed by atoms with Crippen LogP contribution in [0.4, 0.5) is 5.69 Å². The van der Waals surface area contributed by atoms with Crippen molar-refractivity contribution in [3.63, 3.8) is 0 Å². The highest BCUT2D eigenvalue weighted by atomic mass is 32.2. The Labute approximate surface area is 184 Å². The van der Waals surface area contributed by atoms with Crippen LogP contribution in [0.15, 0.2) is 71.6 Å². The van der Waals surface area contributed by atoms with Gasteiger partial charge in [0.1, 0.15) is 0 Å². The van der Waals surface area contributed by atoms with Crippen molar-refractivity contribution in [2.24, 2.45) is 0 Å². The number of hydrogen-bond acceptors (Lipinski definition) is 3. The first-order chi connectivity index (χ1) is 14.7. The van der Waals surface area contributed by atoms with Gasteiger partial charge in [0.2, 0.25) is 15.9 Å². The molecule has 162 valence electrons. The molecule has 0 bridgehead atoms. The third-order valence-electron chi connectivity index (χ3n) is 5.14. The van der Waals surface area contributed by atoms with Crippen LogP contribution in [0.2, 0.25) is 0 Å². The van der Waals surface area contributed by atoms with Crippen LogP contribution >= 0.6 is 0 Å². The minimum Gasteiger partial charge on any atom is -0.325 e. The lowest BCUT2D eigenvalue weighted by molar-refractivity contribution is -0.116. The summed E-state index contributed by atoms with van der Waals surface area (Å²) in [6.45, 7) is 7.25. The van der Waals surface area contributed by atoms with Gasteiger partial charge in [-0.3, -0.25) is 4.79 Å². The number of para-hydroxylation sites is 1. The number of benzene rings is 3. The molecule has 6 heteroatoms. The second-order valence-corrected chi connectivity index (χ2v) is 9.72. The molecule has 31 heavy (non-hydrogen) atoms. The van der Waals surface area contributed by atoms with Crippen molar-refractivity contribution >= 4 is 21.6 Å². The highest BCUT2D eigenvalue weighted by Crippen LogP contribution is 2.26. The van der Waals surface area contributed by atoms with Crippen molar-refractivity contribution in [2.75, 3.05) is 11.9 Å². The van der Waals surface area contributed by atoms with Gasteiger partial charge in [0.15, 0.2) is 0 Å². The predicted molar refractivity (Wildman–Crippen MR) is 124 cm³/mol. The van der Waals surface area contributed by atoms with Crippen LogP contribution < -0.4 is 5.32 Å². The third-order valence-corrected chi connectivity index (χ3v) is 7.24. The zero-order valence-electron chi connectivity index (χ0n) is 18.3. The molecule has 0 saturated carbocycles. The van der Waals surface area contributed by atoms with Crippen LogP contribution in [0.5, 0.6) is 0 Å². The van der Waals surface area contributed by atoms with E-state index in [2.05, 4.69) is 5.32 Å². The first-order valence-electron chi connectivity index (χ1n) is 10.2. The second-order valence-electron chi connectivity index (χ2n) is 7.85. The van der Waals surface area contributed by atoms with Gasteiger partial charge in [0, 0.05) is 12.2 Å². The lowest BCUT2D eigenvalue weighted by Crippen LogP contribution is -2.38. The van der Waals surface area contributed by atoms with Gasteiger partial charge >= 0.3 is 0 Å². The van der Waals surface area contributed by atoms with E-state index in [1.165, 1.54) is 4.31 Å². The van der Waals surface area contributed by atoms with Gasteiger partial charge in [-0.05, 0) is 56.0 Å². The fraction of sp³-hybridized carbons (Fsp3) is 0.240. The van der Waals surface area contributed by atoms with E-state index < -0.39 is 10.0 Å². The van der Waals surface area contributed by atoms with Gasteiger partial charge in [-0.15, -0.1) is 0 Å². The van der Waals surface area contributed by atoms with Crippen molar-refractivity contribution in [1.82, 2.24) is 4.31 Å².